The SMILES string of the molecule is CC(Br)C1CCN(CC2CCCCO2)CC1. The standard InChI is InChI=1S/C13H24BrNO/c1-11(14)12-5-7-15(8-6-12)10-13-4-2-3-9-16-13/h11-13H,2-10H2,1H3. The van der Waals surface area contributed by atoms with Gasteiger partial charge in [0.1, 0.15) is 0 Å². The van der Waals surface area contributed by atoms with E-state index in [-0.39, 0.29) is 0 Å². The number of hydrogen-bond donors (Lipinski definition) is 0. The molecule has 2 nitrogen and oxygen atoms in total. The lowest BCUT2D eigenvalue weighted by Gasteiger charge is -2.36. The van der Waals surface area contributed by atoms with Crippen molar-refractivity contribution in [3.8, 4) is 0 Å². The summed E-state index contributed by atoms with van der Waals surface area (Å²) in [6.45, 7) is 6.97. The van der Waals surface area contributed by atoms with Gasteiger partial charge < -0.3 is 9.64 Å². The highest BCUT2D eigenvalue weighted by molar-refractivity contribution is 9.09. The van der Waals surface area contributed by atoms with E-state index in [2.05, 4.69) is 27.8 Å². The Kier molecular flexibility index (Phi) is 5.11. The van der Waals surface area contributed by atoms with Gasteiger partial charge in [0, 0.05) is 18.0 Å². The van der Waals surface area contributed by atoms with Gasteiger partial charge in [-0.05, 0) is 51.1 Å². The van der Waals surface area contributed by atoms with Crippen LogP contribution in [0.1, 0.15) is 39.0 Å². The van der Waals surface area contributed by atoms with Gasteiger partial charge in [0.2, 0.25) is 0 Å². The topological polar surface area (TPSA) is 12.5 Å². The average Bonchev–Trinajstić information content (AvgIpc) is 2.31. The van der Waals surface area contributed by atoms with Gasteiger partial charge in [0.05, 0.1) is 6.10 Å². The van der Waals surface area contributed by atoms with E-state index in [9.17, 15) is 0 Å². The second-order valence-corrected chi connectivity index (χ2v) is 6.75. The fourth-order valence-corrected chi connectivity index (χ4v) is 3.36. The average molecular weight is 290 g/mol. The van der Waals surface area contributed by atoms with E-state index in [0.717, 1.165) is 12.5 Å². The monoisotopic (exact) mass is 289 g/mol. The first-order valence-corrected chi connectivity index (χ1v) is 7.65. The maximum absolute atomic E-state index is 5.80. The first-order valence-electron chi connectivity index (χ1n) is 6.73. The van der Waals surface area contributed by atoms with Crippen molar-refractivity contribution < 1.29 is 4.74 Å². The van der Waals surface area contributed by atoms with Gasteiger partial charge in [-0.2, -0.15) is 0 Å². The maximum Gasteiger partial charge on any atom is 0.0702 e. The van der Waals surface area contributed by atoms with Crippen molar-refractivity contribution in [2.24, 2.45) is 5.92 Å². The van der Waals surface area contributed by atoms with Gasteiger partial charge in [-0.15, -0.1) is 0 Å². The number of ether oxygens (including phenoxy) is 1. The number of hydrogen-bond acceptors (Lipinski definition) is 2. The number of rotatable bonds is 3. The van der Waals surface area contributed by atoms with Crippen molar-refractivity contribution in [3.63, 3.8) is 0 Å². The smallest absolute Gasteiger partial charge is 0.0702 e. The number of nitrogens with zero attached hydrogens (tertiary/aromatic N) is 1. The van der Waals surface area contributed by atoms with E-state index < -0.39 is 0 Å². The Labute approximate surface area is 108 Å². The molecule has 2 atom stereocenters. The fraction of sp³-hybridized carbons (Fsp3) is 1.00. The van der Waals surface area contributed by atoms with Gasteiger partial charge in [0.25, 0.3) is 0 Å². The Bertz CT molecular complexity index is 196. The van der Waals surface area contributed by atoms with Gasteiger partial charge in [-0.3, -0.25) is 0 Å². The van der Waals surface area contributed by atoms with Crippen molar-refractivity contribution in [1.29, 1.82) is 0 Å². The molecule has 0 aliphatic carbocycles. The molecule has 2 unspecified atom stereocenters. The zero-order chi connectivity index (χ0) is 11.4. The summed E-state index contributed by atoms with van der Waals surface area (Å²) in [5, 5.41) is 0. The second kappa shape index (κ2) is 6.36. The quantitative estimate of drug-likeness (QED) is 0.741. The summed E-state index contributed by atoms with van der Waals surface area (Å²) in [5.41, 5.74) is 0. The molecule has 2 rings (SSSR count). The first-order chi connectivity index (χ1) is 7.75. The van der Waals surface area contributed by atoms with Crippen molar-refractivity contribution in [3.05, 3.63) is 0 Å². The Morgan fingerprint density at radius 3 is 2.56 bits per heavy atom. The summed E-state index contributed by atoms with van der Waals surface area (Å²) in [7, 11) is 0. The molecule has 2 heterocycles. The molecule has 2 aliphatic heterocycles. The Balaban J connectivity index is 1.68. The molecule has 0 amide bonds. The lowest BCUT2D eigenvalue weighted by molar-refractivity contribution is -0.0111. The summed E-state index contributed by atoms with van der Waals surface area (Å²) < 4.78 is 5.80. The highest BCUT2D eigenvalue weighted by Crippen LogP contribution is 2.25. The second-order valence-electron chi connectivity index (χ2n) is 5.30. The van der Waals surface area contributed by atoms with Crippen molar-refractivity contribution >= 4 is 15.9 Å². The van der Waals surface area contributed by atoms with Crippen molar-refractivity contribution in [1.82, 2.24) is 4.90 Å². The van der Waals surface area contributed by atoms with Crippen LogP contribution in [0, 0.1) is 5.92 Å². The van der Waals surface area contributed by atoms with Crippen LogP contribution in [-0.4, -0.2) is 42.1 Å². The summed E-state index contributed by atoms with van der Waals surface area (Å²) in [4.78, 5) is 3.28. The predicted octanol–water partition coefficient (Wildman–Crippen LogP) is 3.05. The Morgan fingerprint density at radius 1 is 1.25 bits per heavy atom. The van der Waals surface area contributed by atoms with E-state index in [1.54, 1.807) is 0 Å². The third kappa shape index (κ3) is 3.71. The number of alkyl halides is 1. The third-order valence-corrected chi connectivity index (χ3v) is 4.77. The molecule has 16 heavy (non-hydrogen) atoms. The molecule has 2 aliphatic rings. The van der Waals surface area contributed by atoms with Crippen molar-refractivity contribution in [2.75, 3.05) is 26.2 Å². The molecule has 0 aromatic heterocycles. The molecule has 2 saturated heterocycles. The van der Waals surface area contributed by atoms with Crippen LogP contribution in [0.25, 0.3) is 0 Å². The Morgan fingerprint density at radius 2 is 2.00 bits per heavy atom. The minimum Gasteiger partial charge on any atom is -0.377 e. The fourth-order valence-electron chi connectivity index (χ4n) is 2.83. The van der Waals surface area contributed by atoms with Gasteiger partial charge in [-0.25, -0.2) is 0 Å². The lowest BCUT2D eigenvalue weighted by atomic mass is 9.94. The molecular formula is C13H24BrNO. The van der Waals surface area contributed by atoms with E-state index in [0.29, 0.717) is 10.9 Å². The number of piperidine rings is 1. The summed E-state index contributed by atoms with van der Waals surface area (Å²) >= 11 is 3.71. The molecule has 0 bridgehead atoms. The van der Waals surface area contributed by atoms with Gasteiger partial charge in [0.15, 0.2) is 0 Å². The number of likely N-dealkylation sites (tertiary alicyclic amines) is 1. The van der Waals surface area contributed by atoms with Gasteiger partial charge in [-0.1, -0.05) is 22.9 Å². The Hall–Kier alpha value is 0.400. The lowest BCUT2D eigenvalue weighted by Crippen LogP contribution is -2.41. The molecular weight excluding hydrogens is 266 g/mol. The van der Waals surface area contributed by atoms with Crippen LogP contribution in [0.3, 0.4) is 0 Å². The highest BCUT2D eigenvalue weighted by Gasteiger charge is 2.24. The first kappa shape index (κ1) is 12.8. The van der Waals surface area contributed by atoms with Crippen LogP contribution in [0.5, 0.6) is 0 Å². The van der Waals surface area contributed by atoms with E-state index in [1.807, 2.05) is 0 Å². The van der Waals surface area contributed by atoms with Crippen LogP contribution in [-0.2, 0) is 4.74 Å². The highest BCUT2D eigenvalue weighted by atomic mass is 79.9. The maximum atomic E-state index is 5.80. The normalized spacial score (nSPS) is 31.5. The third-order valence-electron chi connectivity index (χ3n) is 4.02. The summed E-state index contributed by atoms with van der Waals surface area (Å²) in [6.07, 6.45) is 7.11. The van der Waals surface area contributed by atoms with E-state index in [4.69, 9.17) is 4.74 Å². The zero-order valence-electron chi connectivity index (χ0n) is 10.3. The van der Waals surface area contributed by atoms with Crippen LogP contribution in [0.15, 0.2) is 0 Å². The van der Waals surface area contributed by atoms with Gasteiger partial charge >= 0.3 is 0 Å². The molecule has 0 radical (unpaired) electrons. The van der Waals surface area contributed by atoms with Crippen LogP contribution >= 0.6 is 15.9 Å². The minimum absolute atomic E-state index is 0.520. The predicted molar refractivity (Wildman–Crippen MR) is 71.1 cm³/mol. The van der Waals surface area contributed by atoms with Crippen LogP contribution in [0.2, 0.25) is 0 Å². The summed E-state index contributed by atoms with van der Waals surface area (Å²) in [6, 6.07) is 0. The molecule has 2 fully saturated rings. The van der Waals surface area contributed by atoms with E-state index in [1.165, 1.54) is 51.7 Å². The number of halogens is 1. The van der Waals surface area contributed by atoms with Crippen molar-refractivity contribution in [2.45, 2.75) is 50.0 Å². The van der Waals surface area contributed by atoms with Crippen LogP contribution < -0.4 is 0 Å². The molecule has 0 aromatic carbocycles. The zero-order valence-corrected chi connectivity index (χ0v) is 11.9. The summed E-state index contributed by atoms with van der Waals surface area (Å²) in [5.74, 6) is 0.878. The minimum atomic E-state index is 0.520. The molecule has 0 spiro atoms. The molecule has 0 N–H and O–H groups in total. The molecule has 0 saturated carbocycles. The molecule has 94 valence electrons. The molecule has 3 heteroatoms. The molecule has 0 aromatic rings. The van der Waals surface area contributed by atoms with Crippen LogP contribution in [0.4, 0.5) is 0 Å². The van der Waals surface area contributed by atoms with E-state index >= 15 is 0 Å². The largest absolute Gasteiger partial charge is 0.377 e.